The van der Waals surface area contributed by atoms with Crippen LogP contribution in [0.25, 0.3) is 0 Å². The zero-order valence-corrected chi connectivity index (χ0v) is 13.2. The van der Waals surface area contributed by atoms with E-state index in [0.29, 0.717) is 18.8 Å². The number of urea groups is 1. The molecule has 2 saturated carbocycles. The molecule has 0 spiro atoms. The summed E-state index contributed by atoms with van der Waals surface area (Å²) >= 11 is 0. The minimum atomic E-state index is -0.768. The second-order valence-corrected chi connectivity index (χ2v) is 6.85. The Balaban J connectivity index is 1.91. The van der Waals surface area contributed by atoms with Crippen LogP contribution in [0.1, 0.15) is 58.3 Å². The molecule has 0 bridgehead atoms. The first-order valence-electron chi connectivity index (χ1n) is 8.20. The van der Waals surface area contributed by atoms with Crippen LogP contribution in [-0.2, 0) is 4.79 Å². The van der Waals surface area contributed by atoms with E-state index in [4.69, 9.17) is 0 Å². The van der Waals surface area contributed by atoms with Gasteiger partial charge in [0.2, 0.25) is 0 Å². The summed E-state index contributed by atoms with van der Waals surface area (Å²) in [5, 5.41) is 12.5. The molecule has 2 rings (SSSR count). The molecule has 21 heavy (non-hydrogen) atoms. The molecule has 2 amide bonds. The van der Waals surface area contributed by atoms with Gasteiger partial charge in [0.15, 0.2) is 0 Å². The summed E-state index contributed by atoms with van der Waals surface area (Å²) in [6, 6.07) is 0.0965. The average Bonchev–Trinajstić information content (AvgIpc) is 3.29. The number of amides is 2. The number of carbonyl (C=O) groups excluding carboxylic acids is 1. The Kier molecular flexibility index (Phi) is 5.12. The third-order valence-corrected chi connectivity index (χ3v) is 5.33. The van der Waals surface area contributed by atoms with E-state index in [0.717, 1.165) is 25.7 Å². The van der Waals surface area contributed by atoms with E-state index in [-0.39, 0.29) is 18.6 Å². The molecular formula is C16H28N2O3. The number of carboxylic acid groups (broad SMARTS) is 1. The van der Waals surface area contributed by atoms with Crippen molar-refractivity contribution in [2.24, 2.45) is 11.3 Å². The van der Waals surface area contributed by atoms with Crippen molar-refractivity contribution in [3.05, 3.63) is 0 Å². The molecule has 0 radical (unpaired) electrons. The fraction of sp³-hybridized carbons (Fsp3) is 0.875. The quantitative estimate of drug-likeness (QED) is 0.766. The summed E-state index contributed by atoms with van der Waals surface area (Å²) < 4.78 is 0. The van der Waals surface area contributed by atoms with Crippen molar-refractivity contribution in [1.82, 2.24) is 10.2 Å². The lowest BCUT2D eigenvalue weighted by molar-refractivity contribution is -0.149. The summed E-state index contributed by atoms with van der Waals surface area (Å²) in [6.07, 6.45) is 7.81. The molecule has 5 nitrogen and oxygen atoms in total. The van der Waals surface area contributed by atoms with Crippen molar-refractivity contribution < 1.29 is 14.7 Å². The lowest BCUT2D eigenvalue weighted by Crippen LogP contribution is -2.49. The van der Waals surface area contributed by atoms with Gasteiger partial charge in [0.05, 0.1) is 5.41 Å². The summed E-state index contributed by atoms with van der Waals surface area (Å²) in [4.78, 5) is 25.7. The zero-order chi connectivity index (χ0) is 15.5. The summed E-state index contributed by atoms with van der Waals surface area (Å²) in [5.41, 5.74) is -0.768. The molecule has 1 atom stereocenters. The molecule has 0 saturated heterocycles. The topological polar surface area (TPSA) is 69.6 Å². The van der Waals surface area contributed by atoms with E-state index in [1.54, 1.807) is 11.9 Å². The van der Waals surface area contributed by atoms with Crippen molar-refractivity contribution in [3.8, 4) is 0 Å². The lowest BCUT2D eigenvalue weighted by atomic mass is 9.80. The van der Waals surface area contributed by atoms with Crippen molar-refractivity contribution >= 4 is 12.0 Å². The minimum absolute atomic E-state index is 0.140. The molecular weight excluding hydrogens is 268 g/mol. The van der Waals surface area contributed by atoms with Crippen LogP contribution in [0.5, 0.6) is 0 Å². The number of hydrogen-bond acceptors (Lipinski definition) is 2. The van der Waals surface area contributed by atoms with Crippen molar-refractivity contribution in [2.75, 3.05) is 13.6 Å². The molecule has 2 fully saturated rings. The van der Waals surface area contributed by atoms with Gasteiger partial charge in [-0.2, -0.15) is 0 Å². The van der Waals surface area contributed by atoms with Crippen LogP contribution in [-0.4, -0.2) is 41.6 Å². The SMILES string of the molecule is CC(C1CC1)N(C)C(=O)NCC1(C(=O)O)CCCCCC1. The van der Waals surface area contributed by atoms with Crippen molar-refractivity contribution in [3.63, 3.8) is 0 Å². The van der Waals surface area contributed by atoms with E-state index in [1.165, 1.54) is 12.8 Å². The number of aliphatic carboxylic acids is 1. The van der Waals surface area contributed by atoms with Crippen LogP contribution in [0.3, 0.4) is 0 Å². The summed E-state index contributed by atoms with van der Waals surface area (Å²) in [6.45, 7) is 2.32. The number of carbonyl (C=O) groups is 2. The van der Waals surface area contributed by atoms with Gasteiger partial charge in [0, 0.05) is 19.6 Å². The zero-order valence-electron chi connectivity index (χ0n) is 13.2. The number of rotatable bonds is 5. The Morgan fingerprint density at radius 2 is 1.81 bits per heavy atom. The van der Waals surface area contributed by atoms with Gasteiger partial charge in [0.25, 0.3) is 0 Å². The number of carboxylic acids is 1. The third kappa shape index (κ3) is 3.89. The maximum absolute atomic E-state index is 12.2. The predicted octanol–water partition coefficient (Wildman–Crippen LogP) is 2.85. The van der Waals surface area contributed by atoms with E-state index >= 15 is 0 Å². The number of nitrogens with zero attached hydrogens (tertiary/aromatic N) is 1. The first-order chi connectivity index (χ1) is 9.96. The van der Waals surface area contributed by atoms with Gasteiger partial charge in [-0.05, 0) is 38.5 Å². The minimum Gasteiger partial charge on any atom is -0.481 e. The van der Waals surface area contributed by atoms with Gasteiger partial charge in [-0.15, -0.1) is 0 Å². The Labute approximate surface area is 127 Å². The van der Waals surface area contributed by atoms with Crippen LogP contribution in [0.15, 0.2) is 0 Å². The highest BCUT2D eigenvalue weighted by Gasteiger charge is 2.39. The third-order valence-electron chi connectivity index (χ3n) is 5.33. The maximum Gasteiger partial charge on any atom is 0.317 e. The molecule has 1 unspecified atom stereocenters. The predicted molar refractivity (Wildman–Crippen MR) is 81.1 cm³/mol. The highest BCUT2D eigenvalue weighted by atomic mass is 16.4. The molecule has 2 N–H and O–H groups in total. The van der Waals surface area contributed by atoms with Gasteiger partial charge >= 0.3 is 12.0 Å². The molecule has 0 aromatic heterocycles. The van der Waals surface area contributed by atoms with E-state index < -0.39 is 11.4 Å². The normalized spacial score (nSPS) is 23.0. The van der Waals surface area contributed by atoms with Crippen LogP contribution in [0.2, 0.25) is 0 Å². The first-order valence-corrected chi connectivity index (χ1v) is 8.20. The van der Waals surface area contributed by atoms with Crippen LogP contribution >= 0.6 is 0 Å². The largest absolute Gasteiger partial charge is 0.481 e. The molecule has 0 aliphatic heterocycles. The van der Waals surface area contributed by atoms with Gasteiger partial charge < -0.3 is 15.3 Å². The van der Waals surface area contributed by atoms with E-state index in [1.807, 2.05) is 0 Å². The Morgan fingerprint density at radius 1 is 1.24 bits per heavy atom. The maximum atomic E-state index is 12.2. The highest BCUT2D eigenvalue weighted by molar-refractivity contribution is 5.78. The monoisotopic (exact) mass is 296 g/mol. The van der Waals surface area contributed by atoms with Gasteiger partial charge in [-0.3, -0.25) is 4.79 Å². The molecule has 120 valence electrons. The van der Waals surface area contributed by atoms with E-state index in [9.17, 15) is 14.7 Å². The average molecular weight is 296 g/mol. The first kappa shape index (κ1) is 16.1. The Bertz CT molecular complexity index is 385. The van der Waals surface area contributed by atoms with Crippen molar-refractivity contribution in [1.29, 1.82) is 0 Å². The second kappa shape index (κ2) is 6.67. The fourth-order valence-corrected chi connectivity index (χ4v) is 3.32. The Hall–Kier alpha value is -1.26. The van der Waals surface area contributed by atoms with Crippen LogP contribution in [0.4, 0.5) is 4.79 Å². The number of nitrogens with one attached hydrogen (secondary N) is 1. The second-order valence-electron chi connectivity index (χ2n) is 6.85. The lowest BCUT2D eigenvalue weighted by Gasteiger charge is -2.31. The van der Waals surface area contributed by atoms with Gasteiger partial charge in [-0.1, -0.05) is 25.7 Å². The Morgan fingerprint density at radius 3 is 2.29 bits per heavy atom. The van der Waals surface area contributed by atoms with Crippen molar-refractivity contribution in [2.45, 2.75) is 64.3 Å². The molecule has 0 aromatic rings. The summed E-state index contributed by atoms with van der Waals surface area (Å²) in [5.74, 6) is -0.144. The molecule has 0 heterocycles. The van der Waals surface area contributed by atoms with Gasteiger partial charge in [0.1, 0.15) is 0 Å². The molecule has 5 heteroatoms. The van der Waals surface area contributed by atoms with E-state index in [2.05, 4.69) is 12.2 Å². The summed E-state index contributed by atoms with van der Waals surface area (Å²) in [7, 11) is 1.80. The molecule has 2 aliphatic rings. The fourth-order valence-electron chi connectivity index (χ4n) is 3.32. The highest BCUT2D eigenvalue weighted by Crippen LogP contribution is 2.36. The number of hydrogen-bond donors (Lipinski definition) is 2. The standard InChI is InChI=1S/C16H28N2O3/c1-12(13-7-8-13)18(2)15(21)17-11-16(14(19)20)9-5-3-4-6-10-16/h12-13H,3-11H2,1-2H3,(H,17,21)(H,19,20). The van der Waals surface area contributed by atoms with Crippen LogP contribution in [0, 0.1) is 11.3 Å². The molecule has 0 aromatic carbocycles. The van der Waals surface area contributed by atoms with Gasteiger partial charge in [-0.25, -0.2) is 4.79 Å². The van der Waals surface area contributed by atoms with Crippen LogP contribution < -0.4 is 5.32 Å². The smallest absolute Gasteiger partial charge is 0.317 e. The molecule has 2 aliphatic carbocycles.